The molecule has 7 heteroatoms. The summed E-state index contributed by atoms with van der Waals surface area (Å²) in [6, 6.07) is 8.92. The molecule has 0 spiro atoms. The van der Waals surface area contributed by atoms with Crippen molar-refractivity contribution in [3.05, 3.63) is 47.7 Å². The van der Waals surface area contributed by atoms with E-state index in [0.29, 0.717) is 5.82 Å². The largest absolute Gasteiger partial charge is 0.387 e. The molecule has 3 N–H and O–H groups in total. The first kappa shape index (κ1) is 18.0. The maximum atomic E-state index is 11.9. The molecule has 1 unspecified atom stereocenters. The van der Waals surface area contributed by atoms with Gasteiger partial charge in [-0.1, -0.05) is 24.3 Å². The second kappa shape index (κ2) is 8.47. The summed E-state index contributed by atoms with van der Waals surface area (Å²) in [7, 11) is 3.99. The van der Waals surface area contributed by atoms with Gasteiger partial charge in [0, 0.05) is 25.4 Å². The van der Waals surface area contributed by atoms with Crippen LogP contribution in [0.4, 0.5) is 10.6 Å². The zero-order chi connectivity index (χ0) is 17.5. The quantitative estimate of drug-likeness (QED) is 0.720. The number of aryl methyl sites for hydroxylation is 1. The van der Waals surface area contributed by atoms with E-state index in [2.05, 4.69) is 20.6 Å². The zero-order valence-electron chi connectivity index (χ0n) is 14.4. The van der Waals surface area contributed by atoms with Crippen molar-refractivity contribution in [2.24, 2.45) is 0 Å². The van der Waals surface area contributed by atoms with Crippen LogP contribution in [0.15, 0.2) is 36.5 Å². The highest BCUT2D eigenvalue weighted by atomic mass is 16.3. The minimum absolute atomic E-state index is 0.137. The standard InChI is InChI=1S/C17H25N5O2/c1-13-6-4-5-7-14(13)15(23)12-18-17(24)19-16-8-9-22(20-16)11-10-21(2)3/h4-9,15,23H,10-12H2,1-3H3,(H2,18,19,20,24). The fraction of sp³-hybridized carbons (Fsp3) is 0.412. The highest BCUT2D eigenvalue weighted by Gasteiger charge is 2.12. The molecule has 0 bridgehead atoms. The van der Waals surface area contributed by atoms with E-state index in [1.165, 1.54) is 0 Å². The van der Waals surface area contributed by atoms with E-state index in [1.807, 2.05) is 51.5 Å². The lowest BCUT2D eigenvalue weighted by molar-refractivity contribution is 0.174. The number of aromatic nitrogens is 2. The molecule has 0 aliphatic heterocycles. The van der Waals surface area contributed by atoms with Gasteiger partial charge in [0.2, 0.25) is 0 Å². The molecule has 0 saturated heterocycles. The Hall–Kier alpha value is -2.38. The number of amides is 2. The van der Waals surface area contributed by atoms with Crippen LogP contribution in [-0.4, -0.2) is 53.0 Å². The fourth-order valence-electron chi connectivity index (χ4n) is 2.28. The lowest BCUT2D eigenvalue weighted by atomic mass is 10.0. The molecule has 2 amide bonds. The Kier molecular flexibility index (Phi) is 6.34. The Morgan fingerprint density at radius 3 is 2.79 bits per heavy atom. The number of benzene rings is 1. The summed E-state index contributed by atoms with van der Waals surface area (Å²) >= 11 is 0. The molecule has 1 aromatic carbocycles. The summed E-state index contributed by atoms with van der Waals surface area (Å²) < 4.78 is 1.78. The number of hydrogen-bond acceptors (Lipinski definition) is 4. The third kappa shape index (κ3) is 5.36. The molecule has 0 saturated carbocycles. The summed E-state index contributed by atoms with van der Waals surface area (Å²) in [6.45, 7) is 3.69. The van der Waals surface area contributed by atoms with Crippen LogP contribution < -0.4 is 10.6 Å². The Morgan fingerprint density at radius 1 is 1.33 bits per heavy atom. The molecular formula is C17H25N5O2. The van der Waals surface area contributed by atoms with E-state index in [4.69, 9.17) is 0 Å². The number of aliphatic hydroxyl groups excluding tert-OH is 1. The van der Waals surface area contributed by atoms with Gasteiger partial charge in [0.1, 0.15) is 0 Å². The Bertz CT molecular complexity index is 669. The lowest BCUT2D eigenvalue weighted by Gasteiger charge is -2.14. The summed E-state index contributed by atoms with van der Waals surface area (Å²) in [5, 5.41) is 19.8. The van der Waals surface area contributed by atoms with Crippen LogP contribution in [0.5, 0.6) is 0 Å². The van der Waals surface area contributed by atoms with E-state index in [-0.39, 0.29) is 12.6 Å². The summed E-state index contributed by atoms with van der Waals surface area (Å²) in [5.74, 6) is 0.483. The number of carbonyl (C=O) groups is 1. The van der Waals surface area contributed by atoms with Crippen LogP contribution >= 0.6 is 0 Å². The molecule has 24 heavy (non-hydrogen) atoms. The fourth-order valence-corrected chi connectivity index (χ4v) is 2.28. The van der Waals surface area contributed by atoms with Crippen molar-refractivity contribution in [3.8, 4) is 0 Å². The van der Waals surface area contributed by atoms with Crippen molar-refractivity contribution in [2.45, 2.75) is 19.6 Å². The van der Waals surface area contributed by atoms with Gasteiger partial charge in [-0.25, -0.2) is 4.79 Å². The molecule has 0 radical (unpaired) electrons. The van der Waals surface area contributed by atoms with Gasteiger partial charge in [-0.05, 0) is 32.1 Å². The number of hydrogen-bond donors (Lipinski definition) is 3. The van der Waals surface area contributed by atoms with Gasteiger partial charge in [0.15, 0.2) is 5.82 Å². The molecule has 2 rings (SSSR count). The summed E-state index contributed by atoms with van der Waals surface area (Å²) in [6.07, 6.45) is 1.08. The maximum Gasteiger partial charge on any atom is 0.320 e. The molecule has 7 nitrogen and oxygen atoms in total. The molecule has 130 valence electrons. The average Bonchev–Trinajstić information content (AvgIpc) is 2.98. The van der Waals surface area contributed by atoms with Crippen LogP contribution in [0, 0.1) is 6.92 Å². The van der Waals surface area contributed by atoms with Gasteiger partial charge in [-0.2, -0.15) is 5.10 Å². The highest BCUT2D eigenvalue weighted by Crippen LogP contribution is 2.16. The van der Waals surface area contributed by atoms with Crippen LogP contribution in [0.25, 0.3) is 0 Å². The molecule has 0 aliphatic carbocycles. The second-order valence-electron chi connectivity index (χ2n) is 5.97. The lowest BCUT2D eigenvalue weighted by Crippen LogP contribution is -2.32. The van der Waals surface area contributed by atoms with E-state index in [0.717, 1.165) is 24.2 Å². The number of anilines is 1. The minimum atomic E-state index is -0.741. The number of carbonyl (C=O) groups excluding carboxylic acids is 1. The van der Waals surface area contributed by atoms with Gasteiger partial charge >= 0.3 is 6.03 Å². The van der Waals surface area contributed by atoms with E-state index >= 15 is 0 Å². The first-order valence-corrected chi connectivity index (χ1v) is 7.92. The molecule has 2 aromatic rings. The Labute approximate surface area is 142 Å². The van der Waals surface area contributed by atoms with E-state index in [1.54, 1.807) is 10.7 Å². The van der Waals surface area contributed by atoms with Crippen LogP contribution in [0.3, 0.4) is 0 Å². The van der Waals surface area contributed by atoms with Crippen molar-refractivity contribution >= 4 is 11.8 Å². The van der Waals surface area contributed by atoms with Crippen molar-refractivity contribution in [2.75, 3.05) is 32.5 Å². The number of urea groups is 1. The van der Waals surface area contributed by atoms with Gasteiger partial charge in [0.05, 0.1) is 12.6 Å². The summed E-state index contributed by atoms with van der Waals surface area (Å²) in [4.78, 5) is 14.0. The molecule has 0 aliphatic rings. The van der Waals surface area contributed by atoms with Crippen molar-refractivity contribution in [3.63, 3.8) is 0 Å². The topological polar surface area (TPSA) is 82.4 Å². The zero-order valence-corrected chi connectivity index (χ0v) is 14.4. The Balaban J connectivity index is 1.80. The van der Waals surface area contributed by atoms with Crippen LogP contribution in [0.1, 0.15) is 17.2 Å². The third-order valence-electron chi connectivity index (χ3n) is 3.66. The SMILES string of the molecule is Cc1ccccc1C(O)CNC(=O)Nc1ccn(CCN(C)C)n1. The van der Waals surface area contributed by atoms with E-state index < -0.39 is 6.10 Å². The molecule has 1 atom stereocenters. The number of likely N-dealkylation sites (N-methyl/N-ethyl adjacent to an activating group) is 1. The summed E-state index contributed by atoms with van der Waals surface area (Å²) in [5.41, 5.74) is 1.80. The Morgan fingerprint density at radius 2 is 2.08 bits per heavy atom. The van der Waals surface area contributed by atoms with Gasteiger partial charge in [0.25, 0.3) is 0 Å². The van der Waals surface area contributed by atoms with Crippen LogP contribution in [-0.2, 0) is 6.54 Å². The normalized spacial score (nSPS) is 12.2. The molecule has 0 fully saturated rings. The van der Waals surface area contributed by atoms with Crippen molar-refractivity contribution in [1.29, 1.82) is 0 Å². The predicted molar refractivity (Wildman–Crippen MR) is 93.9 cm³/mol. The monoisotopic (exact) mass is 331 g/mol. The van der Waals surface area contributed by atoms with Crippen molar-refractivity contribution in [1.82, 2.24) is 20.0 Å². The third-order valence-corrected chi connectivity index (χ3v) is 3.66. The van der Waals surface area contributed by atoms with Gasteiger partial charge in [-0.15, -0.1) is 0 Å². The van der Waals surface area contributed by atoms with Crippen LogP contribution in [0.2, 0.25) is 0 Å². The van der Waals surface area contributed by atoms with Gasteiger partial charge in [-0.3, -0.25) is 10.00 Å². The number of rotatable bonds is 7. The molecule has 1 aromatic heterocycles. The maximum absolute atomic E-state index is 11.9. The van der Waals surface area contributed by atoms with Crippen molar-refractivity contribution < 1.29 is 9.90 Å². The highest BCUT2D eigenvalue weighted by molar-refractivity contribution is 5.88. The smallest absolute Gasteiger partial charge is 0.320 e. The predicted octanol–water partition coefficient (Wildman–Crippen LogP) is 1.61. The molecular weight excluding hydrogens is 306 g/mol. The second-order valence-corrected chi connectivity index (χ2v) is 5.97. The number of aliphatic hydroxyl groups is 1. The first-order valence-electron chi connectivity index (χ1n) is 7.92. The minimum Gasteiger partial charge on any atom is -0.387 e. The number of nitrogens with one attached hydrogen (secondary N) is 2. The van der Waals surface area contributed by atoms with E-state index in [9.17, 15) is 9.90 Å². The number of nitrogens with zero attached hydrogens (tertiary/aromatic N) is 3. The molecule has 1 heterocycles. The first-order chi connectivity index (χ1) is 11.5. The average molecular weight is 331 g/mol. The van der Waals surface area contributed by atoms with Gasteiger partial charge < -0.3 is 15.3 Å².